The summed E-state index contributed by atoms with van der Waals surface area (Å²) in [5.74, 6) is 0. The Labute approximate surface area is 150 Å². The van der Waals surface area contributed by atoms with E-state index in [0.717, 1.165) is 25.9 Å². The lowest BCUT2D eigenvalue weighted by molar-refractivity contribution is 0.0689. The van der Waals surface area contributed by atoms with Crippen LogP contribution in [0.4, 0.5) is 5.69 Å². The first-order chi connectivity index (χ1) is 12.2. The van der Waals surface area contributed by atoms with Crippen molar-refractivity contribution in [2.75, 3.05) is 18.0 Å². The van der Waals surface area contributed by atoms with Crippen molar-refractivity contribution < 1.29 is 5.11 Å². The van der Waals surface area contributed by atoms with Crippen molar-refractivity contribution in [3.05, 3.63) is 54.1 Å². The molecular weight excluding hydrogens is 308 g/mol. The zero-order chi connectivity index (χ0) is 17.2. The number of nitrogens with zero attached hydrogens (tertiary/aromatic N) is 1. The van der Waals surface area contributed by atoms with Crippen LogP contribution in [0.15, 0.2) is 48.5 Å². The molecule has 0 radical (unpaired) electrons. The van der Waals surface area contributed by atoms with Gasteiger partial charge in [-0.25, -0.2) is 0 Å². The second-order valence-corrected chi connectivity index (χ2v) is 7.48. The van der Waals surface area contributed by atoms with Gasteiger partial charge in [-0.1, -0.05) is 42.5 Å². The summed E-state index contributed by atoms with van der Waals surface area (Å²) in [5.41, 5.74) is 5.30. The zero-order valence-electron chi connectivity index (χ0n) is 15.0. The largest absolute Gasteiger partial charge is 0.393 e. The first-order valence-corrected chi connectivity index (χ1v) is 9.56. The molecule has 3 nitrogen and oxygen atoms in total. The fourth-order valence-electron chi connectivity index (χ4n) is 4.40. The highest BCUT2D eigenvalue weighted by Crippen LogP contribution is 2.38. The van der Waals surface area contributed by atoms with Crippen LogP contribution in [0.2, 0.25) is 0 Å². The standard InChI is InChI=1S/C22H28N2O/c1-16-21(17-6-3-2-4-7-17)8-5-9-22(16)24(19-14-20(25)15-19)18-10-12-23-13-11-18/h2-9,18-20,23,25H,10-15H2,1H3/t19-,20-. The quantitative estimate of drug-likeness (QED) is 0.893. The molecule has 2 fully saturated rings. The number of nitrogens with one attached hydrogen (secondary N) is 1. The van der Waals surface area contributed by atoms with Crippen LogP contribution in [-0.4, -0.2) is 36.4 Å². The fraction of sp³-hybridized carbons (Fsp3) is 0.455. The summed E-state index contributed by atoms with van der Waals surface area (Å²) < 4.78 is 0. The third-order valence-corrected chi connectivity index (χ3v) is 5.85. The molecule has 2 N–H and O–H groups in total. The minimum atomic E-state index is -0.119. The summed E-state index contributed by atoms with van der Waals surface area (Å²) in [6.07, 6.45) is 4.05. The van der Waals surface area contributed by atoms with Gasteiger partial charge < -0.3 is 15.3 Å². The molecule has 0 spiro atoms. The highest BCUT2D eigenvalue weighted by Gasteiger charge is 2.37. The molecule has 1 aliphatic heterocycles. The number of aliphatic hydroxyl groups is 1. The molecular formula is C22H28N2O. The van der Waals surface area contributed by atoms with Gasteiger partial charge in [0.15, 0.2) is 0 Å². The fourth-order valence-corrected chi connectivity index (χ4v) is 4.40. The Morgan fingerprint density at radius 3 is 2.32 bits per heavy atom. The normalized spacial score (nSPS) is 23.9. The topological polar surface area (TPSA) is 35.5 Å². The molecule has 1 aliphatic carbocycles. The molecule has 1 saturated carbocycles. The van der Waals surface area contributed by atoms with Gasteiger partial charge in [-0.3, -0.25) is 0 Å². The van der Waals surface area contributed by atoms with Crippen LogP contribution in [0.1, 0.15) is 31.2 Å². The molecule has 0 unspecified atom stereocenters. The van der Waals surface area contributed by atoms with Crippen LogP contribution in [0.5, 0.6) is 0 Å². The van der Waals surface area contributed by atoms with Crippen molar-refractivity contribution in [3.8, 4) is 11.1 Å². The van der Waals surface area contributed by atoms with Crippen LogP contribution in [0.3, 0.4) is 0 Å². The van der Waals surface area contributed by atoms with Gasteiger partial charge in [0.1, 0.15) is 0 Å². The van der Waals surface area contributed by atoms with Gasteiger partial charge in [0.25, 0.3) is 0 Å². The summed E-state index contributed by atoms with van der Waals surface area (Å²) in [7, 11) is 0. The number of piperidine rings is 1. The number of rotatable bonds is 4. The monoisotopic (exact) mass is 336 g/mol. The maximum atomic E-state index is 9.88. The Bertz CT molecular complexity index is 703. The number of hydrogen-bond donors (Lipinski definition) is 2. The summed E-state index contributed by atoms with van der Waals surface area (Å²) in [6, 6.07) is 18.4. The van der Waals surface area contributed by atoms with Gasteiger partial charge in [0.2, 0.25) is 0 Å². The predicted molar refractivity (Wildman–Crippen MR) is 104 cm³/mol. The number of benzene rings is 2. The summed E-state index contributed by atoms with van der Waals surface area (Å²) in [4.78, 5) is 2.63. The minimum Gasteiger partial charge on any atom is -0.393 e. The van der Waals surface area contributed by atoms with Gasteiger partial charge >= 0.3 is 0 Å². The van der Waals surface area contributed by atoms with E-state index in [1.807, 2.05) is 0 Å². The van der Waals surface area contributed by atoms with Gasteiger partial charge in [-0.15, -0.1) is 0 Å². The van der Waals surface area contributed by atoms with Crippen LogP contribution in [0.25, 0.3) is 11.1 Å². The Balaban J connectivity index is 1.71. The Kier molecular flexibility index (Phi) is 4.78. The number of hydrogen-bond acceptors (Lipinski definition) is 3. The summed E-state index contributed by atoms with van der Waals surface area (Å²) in [6.45, 7) is 4.43. The van der Waals surface area contributed by atoms with Crippen molar-refractivity contribution in [2.45, 2.75) is 50.8 Å². The lowest BCUT2D eigenvalue weighted by Gasteiger charge is -2.48. The molecule has 25 heavy (non-hydrogen) atoms. The van der Waals surface area contributed by atoms with E-state index in [-0.39, 0.29) is 6.10 Å². The molecule has 2 aromatic carbocycles. The average Bonchev–Trinajstić information content (AvgIpc) is 2.63. The SMILES string of the molecule is Cc1c(-c2ccccc2)cccc1N(C1CCNCC1)[C@H]1C[C@H](O)C1. The lowest BCUT2D eigenvalue weighted by Crippen LogP contribution is -2.54. The van der Waals surface area contributed by atoms with Crippen LogP contribution in [0, 0.1) is 6.92 Å². The summed E-state index contributed by atoms with van der Waals surface area (Å²) >= 11 is 0. The second-order valence-electron chi connectivity index (χ2n) is 7.48. The zero-order valence-corrected chi connectivity index (χ0v) is 15.0. The first kappa shape index (κ1) is 16.6. The number of anilines is 1. The molecule has 0 bridgehead atoms. The van der Waals surface area contributed by atoms with E-state index in [2.05, 4.69) is 65.7 Å². The van der Waals surface area contributed by atoms with Crippen molar-refractivity contribution in [1.82, 2.24) is 5.32 Å². The van der Waals surface area contributed by atoms with E-state index in [1.54, 1.807) is 0 Å². The maximum absolute atomic E-state index is 9.88. The molecule has 0 aromatic heterocycles. The molecule has 2 aromatic rings. The summed E-state index contributed by atoms with van der Waals surface area (Å²) in [5, 5.41) is 13.4. The highest BCUT2D eigenvalue weighted by molar-refractivity contribution is 5.74. The second kappa shape index (κ2) is 7.19. The van der Waals surface area contributed by atoms with Crippen molar-refractivity contribution in [3.63, 3.8) is 0 Å². The molecule has 132 valence electrons. The molecule has 0 amide bonds. The molecule has 1 heterocycles. The van der Waals surface area contributed by atoms with E-state index in [0.29, 0.717) is 12.1 Å². The van der Waals surface area contributed by atoms with Crippen molar-refractivity contribution in [2.24, 2.45) is 0 Å². The lowest BCUT2D eigenvalue weighted by atomic mass is 9.84. The minimum absolute atomic E-state index is 0.119. The van der Waals surface area contributed by atoms with Crippen LogP contribution in [-0.2, 0) is 0 Å². The molecule has 3 heteroatoms. The Morgan fingerprint density at radius 2 is 1.64 bits per heavy atom. The molecule has 4 rings (SSSR count). The molecule has 2 aliphatic rings. The van der Waals surface area contributed by atoms with Gasteiger partial charge in [0, 0.05) is 17.8 Å². The van der Waals surface area contributed by atoms with E-state index in [9.17, 15) is 5.11 Å². The maximum Gasteiger partial charge on any atom is 0.0579 e. The van der Waals surface area contributed by atoms with Crippen molar-refractivity contribution >= 4 is 5.69 Å². The highest BCUT2D eigenvalue weighted by atomic mass is 16.3. The first-order valence-electron chi connectivity index (χ1n) is 9.56. The Hall–Kier alpha value is -1.84. The Morgan fingerprint density at radius 1 is 0.920 bits per heavy atom. The average molecular weight is 336 g/mol. The van der Waals surface area contributed by atoms with Gasteiger partial charge in [-0.2, -0.15) is 0 Å². The third-order valence-electron chi connectivity index (χ3n) is 5.85. The third kappa shape index (κ3) is 3.31. The van der Waals surface area contributed by atoms with E-state index in [4.69, 9.17) is 0 Å². The van der Waals surface area contributed by atoms with Crippen molar-refractivity contribution in [1.29, 1.82) is 0 Å². The van der Waals surface area contributed by atoms with E-state index in [1.165, 1.54) is 35.2 Å². The number of aliphatic hydroxyl groups excluding tert-OH is 1. The molecule has 1 saturated heterocycles. The van der Waals surface area contributed by atoms with Gasteiger partial charge in [0.05, 0.1) is 6.10 Å². The van der Waals surface area contributed by atoms with Crippen LogP contribution < -0.4 is 10.2 Å². The predicted octanol–water partition coefficient (Wildman–Crippen LogP) is 3.74. The van der Waals surface area contributed by atoms with E-state index >= 15 is 0 Å². The molecule has 0 atom stereocenters. The van der Waals surface area contributed by atoms with Crippen LogP contribution >= 0.6 is 0 Å². The smallest absolute Gasteiger partial charge is 0.0579 e. The van der Waals surface area contributed by atoms with E-state index < -0.39 is 0 Å². The van der Waals surface area contributed by atoms with Gasteiger partial charge in [-0.05, 0) is 68.5 Å².